The molecule has 0 unspecified atom stereocenters. The molecule has 0 bridgehead atoms. The molecule has 0 saturated carbocycles. The van der Waals surface area contributed by atoms with Crippen LogP contribution >= 0.6 is 0 Å². The van der Waals surface area contributed by atoms with Crippen LogP contribution in [0.5, 0.6) is 0 Å². The predicted molar refractivity (Wildman–Crippen MR) is 126 cm³/mol. The molecule has 9 nitrogen and oxygen atoms in total. The number of hydrogen-bond donors (Lipinski definition) is 1. The fourth-order valence-electron chi connectivity index (χ4n) is 3.56. The van der Waals surface area contributed by atoms with E-state index >= 15 is 0 Å². The molecule has 1 aliphatic rings. The molecule has 0 amide bonds. The maximum atomic E-state index is 13.0. The first-order chi connectivity index (χ1) is 17.2. The Morgan fingerprint density at radius 1 is 0.806 bits per heavy atom. The van der Waals surface area contributed by atoms with Gasteiger partial charge in [0.25, 0.3) is 10.1 Å². The van der Waals surface area contributed by atoms with E-state index < -0.39 is 53.3 Å². The van der Waals surface area contributed by atoms with Crippen LogP contribution in [0.3, 0.4) is 0 Å². The molecule has 0 aromatic heterocycles. The van der Waals surface area contributed by atoms with Gasteiger partial charge in [-0.05, 0) is 43.3 Å². The highest BCUT2D eigenvalue weighted by atomic mass is 32.2. The zero-order valence-electron chi connectivity index (χ0n) is 19.2. The van der Waals surface area contributed by atoms with Gasteiger partial charge >= 0.3 is 11.9 Å². The minimum Gasteiger partial charge on any atom is -0.452 e. The van der Waals surface area contributed by atoms with Crippen molar-refractivity contribution in [3.63, 3.8) is 0 Å². The van der Waals surface area contributed by atoms with E-state index in [2.05, 4.69) is 0 Å². The van der Waals surface area contributed by atoms with Crippen LogP contribution in [-0.2, 0) is 28.5 Å². The molecule has 1 heterocycles. The number of aliphatic hydroxyl groups is 1. The molecular formula is C26H24O9S. The lowest BCUT2D eigenvalue weighted by atomic mass is 10.0. The predicted octanol–water partition coefficient (Wildman–Crippen LogP) is 2.87. The van der Waals surface area contributed by atoms with Crippen molar-refractivity contribution in [2.45, 2.75) is 36.4 Å². The lowest BCUT2D eigenvalue weighted by Crippen LogP contribution is -2.57. The lowest BCUT2D eigenvalue weighted by molar-refractivity contribution is -0.246. The molecule has 1 N–H and O–H groups in total. The summed E-state index contributed by atoms with van der Waals surface area (Å²) < 4.78 is 47.6. The molecule has 3 aromatic carbocycles. The van der Waals surface area contributed by atoms with Crippen LogP contribution in [0.15, 0.2) is 89.8 Å². The number of hydrogen-bond acceptors (Lipinski definition) is 9. The third kappa shape index (κ3) is 5.97. The summed E-state index contributed by atoms with van der Waals surface area (Å²) in [5.41, 5.74) is 1.19. The van der Waals surface area contributed by atoms with E-state index in [0.29, 0.717) is 0 Å². The first-order valence-corrected chi connectivity index (χ1v) is 12.5. The Kier molecular flexibility index (Phi) is 7.80. The minimum atomic E-state index is -4.32. The molecule has 3 aromatic rings. The summed E-state index contributed by atoms with van der Waals surface area (Å²) in [7, 11) is -4.32. The van der Waals surface area contributed by atoms with E-state index in [9.17, 15) is 23.1 Å². The van der Waals surface area contributed by atoms with Crippen LogP contribution in [0.4, 0.5) is 0 Å². The monoisotopic (exact) mass is 512 g/mol. The Balaban J connectivity index is 1.63. The van der Waals surface area contributed by atoms with E-state index in [-0.39, 0.29) is 16.0 Å². The normalized spacial score (nSPS) is 21.9. The second-order valence-corrected chi connectivity index (χ2v) is 9.67. The fraction of sp³-hybridized carbons (Fsp3) is 0.231. The van der Waals surface area contributed by atoms with Crippen LogP contribution in [0.25, 0.3) is 0 Å². The van der Waals surface area contributed by atoms with Crippen molar-refractivity contribution in [1.82, 2.24) is 0 Å². The molecule has 188 valence electrons. The molecule has 1 aliphatic heterocycles. The smallest absolute Gasteiger partial charge is 0.338 e. The molecule has 0 aliphatic carbocycles. The topological polar surface area (TPSA) is 125 Å². The minimum absolute atomic E-state index is 0.120. The van der Waals surface area contributed by atoms with Gasteiger partial charge in [0, 0.05) is 0 Å². The van der Waals surface area contributed by atoms with Gasteiger partial charge in [-0.1, -0.05) is 54.1 Å². The number of carbonyl (C=O) groups is 2. The number of aryl methyl sites for hydroxylation is 1. The Hall–Kier alpha value is -3.57. The molecule has 0 radical (unpaired) electrons. The highest BCUT2D eigenvalue weighted by Gasteiger charge is 2.48. The number of benzene rings is 3. The summed E-state index contributed by atoms with van der Waals surface area (Å²) in [5.74, 6) is -1.65. The van der Waals surface area contributed by atoms with E-state index in [4.69, 9.17) is 18.4 Å². The van der Waals surface area contributed by atoms with Gasteiger partial charge in [-0.15, -0.1) is 0 Å². The number of aliphatic hydroxyl groups excluding tert-OH is 1. The molecule has 10 heteroatoms. The van der Waals surface area contributed by atoms with E-state index in [0.717, 1.165) is 5.56 Å². The number of carbonyl (C=O) groups excluding carboxylic acids is 2. The van der Waals surface area contributed by atoms with Gasteiger partial charge in [0.15, 0.2) is 18.5 Å². The zero-order chi connectivity index (χ0) is 25.7. The second kappa shape index (κ2) is 11.0. The quantitative estimate of drug-likeness (QED) is 0.376. The van der Waals surface area contributed by atoms with Gasteiger partial charge in [0.1, 0.15) is 6.10 Å². The standard InChI is InChI=1S/C26H24O9S/c1-17-12-14-20(15-13-17)36(30,31)35-21-16-32-26(29)23(34-25(28)19-10-6-3-7-11-19)22(21)33-24(27)18-8-4-2-5-9-18/h2-15,21-23,26,29H,16H2,1H3/t21-,22+,23+,26+/m0/s1. The van der Waals surface area contributed by atoms with Crippen molar-refractivity contribution < 1.29 is 41.5 Å². The molecule has 36 heavy (non-hydrogen) atoms. The Morgan fingerprint density at radius 3 is 1.83 bits per heavy atom. The average molecular weight is 513 g/mol. The first-order valence-electron chi connectivity index (χ1n) is 11.1. The largest absolute Gasteiger partial charge is 0.452 e. The van der Waals surface area contributed by atoms with Crippen LogP contribution < -0.4 is 0 Å². The van der Waals surface area contributed by atoms with Crippen molar-refractivity contribution in [3.8, 4) is 0 Å². The molecule has 4 atom stereocenters. The van der Waals surface area contributed by atoms with Crippen molar-refractivity contribution >= 4 is 22.1 Å². The van der Waals surface area contributed by atoms with Crippen molar-refractivity contribution in [1.29, 1.82) is 0 Å². The third-order valence-electron chi connectivity index (χ3n) is 5.47. The maximum absolute atomic E-state index is 13.0. The number of ether oxygens (including phenoxy) is 3. The van der Waals surface area contributed by atoms with Gasteiger partial charge in [0.05, 0.1) is 22.6 Å². The number of rotatable bonds is 7. The van der Waals surface area contributed by atoms with Gasteiger partial charge in [-0.2, -0.15) is 8.42 Å². The Bertz CT molecular complexity index is 1290. The van der Waals surface area contributed by atoms with Crippen LogP contribution in [0.1, 0.15) is 26.3 Å². The fourth-order valence-corrected chi connectivity index (χ4v) is 4.63. The van der Waals surface area contributed by atoms with Crippen LogP contribution in [-0.4, -0.2) is 56.7 Å². The van der Waals surface area contributed by atoms with Crippen molar-refractivity contribution in [2.24, 2.45) is 0 Å². The molecule has 0 spiro atoms. The first kappa shape index (κ1) is 25.5. The summed E-state index contributed by atoms with van der Waals surface area (Å²) in [6.45, 7) is 1.36. The summed E-state index contributed by atoms with van der Waals surface area (Å²) in [6, 6.07) is 21.9. The molecule has 1 saturated heterocycles. The highest BCUT2D eigenvalue weighted by Crippen LogP contribution is 2.27. The summed E-state index contributed by atoms with van der Waals surface area (Å²) in [4.78, 5) is 25.4. The van der Waals surface area contributed by atoms with Gasteiger partial charge in [0.2, 0.25) is 0 Å². The molecule has 1 fully saturated rings. The molecule has 4 rings (SSSR count). The Morgan fingerprint density at radius 2 is 1.31 bits per heavy atom. The number of esters is 2. The van der Waals surface area contributed by atoms with Crippen LogP contribution in [0.2, 0.25) is 0 Å². The summed E-state index contributed by atoms with van der Waals surface area (Å²) in [5, 5.41) is 10.5. The van der Waals surface area contributed by atoms with Gasteiger partial charge in [-0.25, -0.2) is 9.59 Å². The summed E-state index contributed by atoms with van der Waals surface area (Å²) in [6.07, 6.45) is -6.19. The zero-order valence-corrected chi connectivity index (χ0v) is 20.0. The SMILES string of the molecule is Cc1ccc(S(=O)(=O)O[C@H]2CO[C@@H](O)[C@H](OC(=O)c3ccccc3)[C@@H]2OC(=O)c2ccccc2)cc1. The second-order valence-electron chi connectivity index (χ2n) is 8.10. The van der Waals surface area contributed by atoms with E-state index in [1.54, 1.807) is 55.5 Å². The molecular weight excluding hydrogens is 488 g/mol. The van der Waals surface area contributed by atoms with E-state index in [1.165, 1.54) is 36.4 Å². The lowest BCUT2D eigenvalue weighted by Gasteiger charge is -2.38. The van der Waals surface area contributed by atoms with Crippen molar-refractivity contribution in [2.75, 3.05) is 6.61 Å². The van der Waals surface area contributed by atoms with E-state index in [1.807, 2.05) is 0 Å². The summed E-state index contributed by atoms with van der Waals surface area (Å²) >= 11 is 0. The van der Waals surface area contributed by atoms with Crippen molar-refractivity contribution in [3.05, 3.63) is 102 Å². The Labute approximate surface area is 208 Å². The van der Waals surface area contributed by atoms with Gasteiger partial charge < -0.3 is 19.3 Å². The van der Waals surface area contributed by atoms with Gasteiger partial charge in [-0.3, -0.25) is 4.18 Å². The average Bonchev–Trinajstić information content (AvgIpc) is 2.88. The van der Waals surface area contributed by atoms with Crippen LogP contribution in [0, 0.1) is 6.92 Å². The maximum Gasteiger partial charge on any atom is 0.338 e. The highest BCUT2D eigenvalue weighted by molar-refractivity contribution is 7.86. The third-order valence-corrected chi connectivity index (χ3v) is 6.82.